The summed E-state index contributed by atoms with van der Waals surface area (Å²) in [6, 6.07) is 20.5. The molecule has 0 fully saturated rings. The van der Waals surface area contributed by atoms with Crippen LogP contribution in [0.25, 0.3) is 5.69 Å². The summed E-state index contributed by atoms with van der Waals surface area (Å²) in [5, 5.41) is 11.4. The summed E-state index contributed by atoms with van der Waals surface area (Å²) in [4.78, 5) is 14.9. The number of halogens is 1. The van der Waals surface area contributed by atoms with Crippen molar-refractivity contribution in [3.63, 3.8) is 0 Å². The van der Waals surface area contributed by atoms with Gasteiger partial charge >= 0.3 is 0 Å². The Morgan fingerprint density at radius 3 is 2.50 bits per heavy atom. The highest BCUT2D eigenvalue weighted by Gasteiger charge is 2.41. The van der Waals surface area contributed by atoms with Crippen molar-refractivity contribution in [2.45, 2.75) is 38.5 Å². The molecule has 1 N–H and O–H groups in total. The Hall–Kier alpha value is -3.15. The summed E-state index contributed by atoms with van der Waals surface area (Å²) in [6.45, 7) is 4.11. The fraction of sp³-hybridized carbons (Fsp3) is 0.214. The van der Waals surface area contributed by atoms with Gasteiger partial charge in [-0.05, 0) is 61.5 Å². The normalized spacial score (nSPS) is 19.6. The maximum Gasteiger partial charge on any atom is 0.162 e. The first-order valence-electron chi connectivity index (χ1n) is 11.5. The third kappa shape index (κ3) is 3.51. The van der Waals surface area contributed by atoms with E-state index in [1.54, 1.807) is 11.3 Å². The van der Waals surface area contributed by atoms with Crippen LogP contribution in [-0.4, -0.2) is 15.6 Å². The van der Waals surface area contributed by atoms with Gasteiger partial charge in [-0.15, -0.1) is 11.3 Å². The molecule has 6 rings (SSSR count). The van der Waals surface area contributed by atoms with Crippen LogP contribution < -0.4 is 5.32 Å². The Morgan fingerprint density at radius 1 is 1.03 bits per heavy atom. The average Bonchev–Trinajstić information content (AvgIpc) is 3.48. The molecule has 0 unspecified atom stereocenters. The number of ketones is 1. The molecule has 1 aliphatic carbocycles. The molecule has 0 saturated heterocycles. The second-order valence-corrected chi connectivity index (χ2v) is 10.6. The Morgan fingerprint density at radius 2 is 1.79 bits per heavy atom. The second kappa shape index (κ2) is 8.26. The van der Waals surface area contributed by atoms with Crippen molar-refractivity contribution >= 4 is 34.5 Å². The molecule has 4 nitrogen and oxygen atoms in total. The number of aryl methyl sites for hydroxylation is 2. The summed E-state index contributed by atoms with van der Waals surface area (Å²) in [7, 11) is 0. The Balaban J connectivity index is 1.54. The van der Waals surface area contributed by atoms with Crippen LogP contribution in [-0.2, 0) is 4.79 Å². The van der Waals surface area contributed by atoms with Gasteiger partial charge in [0, 0.05) is 45.0 Å². The summed E-state index contributed by atoms with van der Waals surface area (Å²) < 4.78 is 1.98. The predicted molar refractivity (Wildman–Crippen MR) is 138 cm³/mol. The monoisotopic (exact) mass is 485 g/mol. The van der Waals surface area contributed by atoms with Gasteiger partial charge < -0.3 is 5.32 Å². The number of rotatable bonds is 3. The predicted octanol–water partition coefficient (Wildman–Crippen LogP) is 7.16. The van der Waals surface area contributed by atoms with Crippen molar-refractivity contribution in [2.24, 2.45) is 0 Å². The van der Waals surface area contributed by atoms with Gasteiger partial charge in [0.05, 0.1) is 11.4 Å². The molecule has 0 saturated carbocycles. The van der Waals surface area contributed by atoms with Crippen LogP contribution in [0.15, 0.2) is 77.3 Å². The standard InChI is InChI=1S/C28H24ClN3OS/c1-16-5-11-21(12-6-16)32-28-25(17(2)31-32)26(18-7-9-20(29)10-8-18)27-22(30-28)14-19(15-23(27)33)24-4-3-13-34-24/h3-13,19,26,30H,14-15H2,1-2H3/t19-,26+/m1/s1. The fourth-order valence-corrected chi connectivity index (χ4v) is 6.22. The Bertz CT molecular complexity index is 1420. The highest BCUT2D eigenvalue weighted by atomic mass is 35.5. The number of fused-ring (bicyclic) bond motifs is 1. The molecule has 4 aromatic rings. The highest BCUT2D eigenvalue weighted by Crippen LogP contribution is 2.50. The summed E-state index contributed by atoms with van der Waals surface area (Å²) in [6.07, 6.45) is 1.34. The topological polar surface area (TPSA) is 46.9 Å². The van der Waals surface area contributed by atoms with E-state index in [0.717, 1.165) is 46.0 Å². The van der Waals surface area contributed by atoms with Crippen molar-refractivity contribution in [1.29, 1.82) is 0 Å². The molecule has 0 bridgehead atoms. The number of aromatic nitrogens is 2. The number of hydrogen-bond donors (Lipinski definition) is 1. The van der Waals surface area contributed by atoms with Crippen molar-refractivity contribution < 1.29 is 4.79 Å². The zero-order valence-electron chi connectivity index (χ0n) is 19.0. The van der Waals surface area contributed by atoms with Crippen LogP contribution >= 0.6 is 22.9 Å². The molecule has 2 atom stereocenters. The molecule has 0 radical (unpaired) electrons. The van der Waals surface area contributed by atoms with E-state index in [9.17, 15) is 4.79 Å². The third-order valence-electron chi connectivity index (χ3n) is 6.89. The molecule has 2 aromatic heterocycles. The number of nitrogens with zero attached hydrogens (tertiary/aromatic N) is 2. The van der Waals surface area contributed by atoms with Crippen LogP contribution in [0.3, 0.4) is 0 Å². The first-order valence-corrected chi connectivity index (χ1v) is 12.7. The molecule has 34 heavy (non-hydrogen) atoms. The van der Waals surface area contributed by atoms with Gasteiger partial charge in [-0.2, -0.15) is 5.10 Å². The van der Waals surface area contributed by atoms with Crippen LogP contribution in [0.4, 0.5) is 5.82 Å². The lowest BCUT2D eigenvalue weighted by Gasteiger charge is -2.35. The first-order chi connectivity index (χ1) is 16.5. The van der Waals surface area contributed by atoms with E-state index >= 15 is 0 Å². The maximum atomic E-state index is 13.7. The third-order valence-corrected chi connectivity index (χ3v) is 8.18. The summed E-state index contributed by atoms with van der Waals surface area (Å²) >= 11 is 7.94. The molecule has 0 spiro atoms. The van der Waals surface area contributed by atoms with Gasteiger partial charge in [0.25, 0.3) is 0 Å². The minimum absolute atomic E-state index is 0.167. The van der Waals surface area contributed by atoms with Gasteiger partial charge in [-0.25, -0.2) is 4.68 Å². The van der Waals surface area contributed by atoms with Crippen LogP contribution in [0.5, 0.6) is 0 Å². The molecule has 170 valence electrons. The van der Waals surface area contributed by atoms with Gasteiger partial charge in [-0.3, -0.25) is 4.79 Å². The number of carbonyl (C=O) groups is 1. The molecule has 3 heterocycles. The Labute approximate surface area is 207 Å². The Kier molecular flexibility index (Phi) is 5.19. The zero-order valence-corrected chi connectivity index (χ0v) is 20.6. The molecule has 6 heteroatoms. The van der Waals surface area contributed by atoms with E-state index < -0.39 is 0 Å². The molecule has 1 aliphatic heterocycles. The van der Waals surface area contributed by atoms with Crippen LogP contribution in [0, 0.1) is 13.8 Å². The number of hydrogen-bond acceptors (Lipinski definition) is 4. The number of benzene rings is 2. The lowest BCUT2D eigenvalue weighted by atomic mass is 9.73. The van der Waals surface area contributed by atoms with Gasteiger partial charge in [-0.1, -0.05) is 47.5 Å². The molecular formula is C28H24ClN3OS. The van der Waals surface area contributed by atoms with Gasteiger partial charge in [0.1, 0.15) is 5.82 Å². The smallest absolute Gasteiger partial charge is 0.162 e. The second-order valence-electron chi connectivity index (χ2n) is 9.14. The van der Waals surface area contributed by atoms with Gasteiger partial charge in [0.2, 0.25) is 0 Å². The minimum Gasteiger partial charge on any atom is -0.343 e. The summed E-state index contributed by atoms with van der Waals surface area (Å²) in [5.74, 6) is 1.18. The van der Waals surface area contributed by atoms with Crippen molar-refractivity contribution in [1.82, 2.24) is 9.78 Å². The van der Waals surface area contributed by atoms with Crippen molar-refractivity contribution in [3.8, 4) is 5.69 Å². The lowest BCUT2D eigenvalue weighted by molar-refractivity contribution is -0.116. The van der Waals surface area contributed by atoms with Crippen LogP contribution in [0.2, 0.25) is 5.02 Å². The highest BCUT2D eigenvalue weighted by molar-refractivity contribution is 7.10. The molecule has 2 aromatic carbocycles. The SMILES string of the molecule is Cc1ccc(-n2nc(C)c3c2NC2=C(C(=O)C[C@H](c4cccs4)C2)[C@H]3c2ccc(Cl)cc2)cc1. The van der Waals surface area contributed by atoms with E-state index in [-0.39, 0.29) is 17.6 Å². The zero-order chi connectivity index (χ0) is 23.4. The molecule has 0 amide bonds. The number of Topliss-reactive ketones (excluding diaryl/α,β-unsaturated/α-hetero) is 1. The number of nitrogens with one attached hydrogen (secondary N) is 1. The van der Waals surface area contributed by atoms with E-state index in [4.69, 9.17) is 16.7 Å². The summed E-state index contributed by atoms with van der Waals surface area (Å²) in [5.41, 5.74) is 7.12. The molecule has 2 aliphatic rings. The quantitative estimate of drug-likeness (QED) is 0.335. The number of allylic oxidation sites excluding steroid dienone is 2. The first kappa shape index (κ1) is 21.4. The van der Waals surface area contributed by atoms with Crippen molar-refractivity contribution in [3.05, 3.63) is 110 Å². The van der Waals surface area contributed by atoms with Crippen molar-refractivity contribution in [2.75, 3.05) is 5.32 Å². The van der Waals surface area contributed by atoms with Crippen LogP contribution in [0.1, 0.15) is 51.9 Å². The number of anilines is 1. The van der Waals surface area contributed by atoms with E-state index in [2.05, 4.69) is 54.0 Å². The number of thiophene rings is 1. The average molecular weight is 486 g/mol. The molecular weight excluding hydrogens is 462 g/mol. The van der Waals surface area contributed by atoms with E-state index in [0.29, 0.717) is 11.4 Å². The lowest BCUT2D eigenvalue weighted by Crippen LogP contribution is -2.30. The van der Waals surface area contributed by atoms with Gasteiger partial charge in [0.15, 0.2) is 5.78 Å². The largest absolute Gasteiger partial charge is 0.343 e. The van der Waals surface area contributed by atoms with E-state index in [1.807, 2.05) is 35.9 Å². The maximum absolute atomic E-state index is 13.7. The number of carbonyl (C=O) groups excluding carboxylic acids is 1. The minimum atomic E-state index is -0.167. The van der Waals surface area contributed by atoms with E-state index in [1.165, 1.54) is 10.4 Å². The fourth-order valence-electron chi connectivity index (χ4n) is 5.26.